The van der Waals surface area contributed by atoms with E-state index < -0.39 is 0 Å². The number of nitrogens with zero attached hydrogens (tertiary/aromatic N) is 2. The van der Waals surface area contributed by atoms with Crippen molar-refractivity contribution < 1.29 is 4.79 Å². The van der Waals surface area contributed by atoms with Crippen LogP contribution in [-0.2, 0) is 0 Å². The van der Waals surface area contributed by atoms with Crippen LogP contribution in [-0.4, -0.2) is 43.2 Å². The zero-order valence-corrected chi connectivity index (χ0v) is 12.6. The number of piperazine rings is 1. The second kappa shape index (κ2) is 5.13. The first-order valence-corrected chi connectivity index (χ1v) is 7.51. The van der Waals surface area contributed by atoms with Gasteiger partial charge < -0.3 is 10.2 Å². The average Bonchev–Trinajstić information content (AvgIpc) is 2.41. The maximum atomic E-state index is 12.6. The monoisotopic (exact) mass is 323 g/mol. The standard InChI is InChI=1S/C14H18BrN3O/c1-10-2-3-13(12(15)8-10)18-6-4-11-9-16-5-7-17(11)14(18)19/h2-3,8,11,16H,4-7,9H2,1H3. The number of urea groups is 1. The van der Waals surface area contributed by atoms with E-state index in [-0.39, 0.29) is 6.03 Å². The van der Waals surface area contributed by atoms with Crippen molar-refractivity contribution in [1.82, 2.24) is 10.2 Å². The number of anilines is 1. The van der Waals surface area contributed by atoms with E-state index >= 15 is 0 Å². The number of nitrogens with one attached hydrogen (secondary N) is 1. The van der Waals surface area contributed by atoms with Gasteiger partial charge in [0.1, 0.15) is 0 Å². The van der Waals surface area contributed by atoms with E-state index in [2.05, 4.69) is 40.3 Å². The number of rotatable bonds is 1. The molecule has 2 aliphatic heterocycles. The summed E-state index contributed by atoms with van der Waals surface area (Å²) in [5, 5.41) is 3.36. The highest BCUT2D eigenvalue weighted by molar-refractivity contribution is 9.10. The van der Waals surface area contributed by atoms with E-state index in [0.717, 1.165) is 42.8 Å². The molecule has 102 valence electrons. The molecule has 4 nitrogen and oxygen atoms in total. The number of hydrogen-bond donors (Lipinski definition) is 1. The van der Waals surface area contributed by atoms with Gasteiger partial charge in [0, 0.05) is 36.7 Å². The first kappa shape index (κ1) is 12.9. The summed E-state index contributed by atoms with van der Waals surface area (Å²) in [6.45, 7) is 5.48. The third-order valence-corrected chi connectivity index (χ3v) is 4.54. The minimum atomic E-state index is 0.141. The second-order valence-corrected chi connectivity index (χ2v) is 6.08. The highest BCUT2D eigenvalue weighted by Crippen LogP contribution is 2.31. The summed E-state index contributed by atoms with van der Waals surface area (Å²) in [6, 6.07) is 6.65. The summed E-state index contributed by atoms with van der Waals surface area (Å²) in [5.74, 6) is 0. The molecule has 2 heterocycles. The smallest absolute Gasteiger partial charge is 0.319 e. The summed E-state index contributed by atoms with van der Waals surface area (Å²) in [7, 11) is 0. The molecule has 1 atom stereocenters. The fourth-order valence-electron chi connectivity index (χ4n) is 2.85. The molecule has 1 aromatic carbocycles. The summed E-state index contributed by atoms with van der Waals surface area (Å²) >= 11 is 3.57. The van der Waals surface area contributed by atoms with Crippen LogP contribution in [0.5, 0.6) is 0 Å². The molecule has 1 unspecified atom stereocenters. The maximum Gasteiger partial charge on any atom is 0.324 e. The van der Waals surface area contributed by atoms with Gasteiger partial charge in [0.05, 0.1) is 5.69 Å². The number of halogens is 1. The van der Waals surface area contributed by atoms with Crippen LogP contribution in [0, 0.1) is 6.92 Å². The molecule has 2 aliphatic rings. The molecule has 0 radical (unpaired) electrons. The largest absolute Gasteiger partial charge is 0.324 e. The number of hydrogen-bond acceptors (Lipinski definition) is 2. The molecule has 0 saturated carbocycles. The maximum absolute atomic E-state index is 12.6. The van der Waals surface area contributed by atoms with E-state index in [4.69, 9.17) is 0 Å². The number of carbonyl (C=O) groups excluding carboxylic acids is 1. The molecule has 1 N–H and O–H groups in total. The molecule has 0 aromatic heterocycles. The normalized spacial score (nSPS) is 23.5. The van der Waals surface area contributed by atoms with Gasteiger partial charge >= 0.3 is 6.03 Å². The van der Waals surface area contributed by atoms with Gasteiger partial charge in [-0.15, -0.1) is 0 Å². The molecule has 0 aliphatic carbocycles. The summed E-state index contributed by atoms with van der Waals surface area (Å²) in [6.07, 6.45) is 1.03. The van der Waals surface area contributed by atoms with E-state index in [1.54, 1.807) is 0 Å². The van der Waals surface area contributed by atoms with Crippen LogP contribution >= 0.6 is 15.9 Å². The van der Waals surface area contributed by atoms with Crippen LogP contribution in [0.1, 0.15) is 12.0 Å². The predicted octanol–water partition coefficient (Wildman–Crippen LogP) is 2.36. The molecular weight excluding hydrogens is 306 g/mol. The van der Waals surface area contributed by atoms with E-state index in [1.807, 2.05) is 15.9 Å². The van der Waals surface area contributed by atoms with Crippen LogP contribution in [0.4, 0.5) is 10.5 Å². The minimum absolute atomic E-state index is 0.141. The number of fused-ring (bicyclic) bond motifs is 1. The van der Waals surface area contributed by atoms with E-state index in [0.29, 0.717) is 6.04 Å². The van der Waals surface area contributed by atoms with E-state index in [9.17, 15) is 4.79 Å². The van der Waals surface area contributed by atoms with Crippen molar-refractivity contribution in [3.63, 3.8) is 0 Å². The number of aryl methyl sites for hydroxylation is 1. The molecule has 5 heteroatoms. The Kier molecular flexibility index (Phi) is 3.50. The SMILES string of the molecule is Cc1ccc(N2CCC3CNCCN3C2=O)c(Br)c1. The zero-order chi connectivity index (χ0) is 13.4. The van der Waals surface area contributed by atoms with Crippen LogP contribution < -0.4 is 10.2 Å². The van der Waals surface area contributed by atoms with Crippen molar-refractivity contribution in [2.45, 2.75) is 19.4 Å². The number of carbonyl (C=O) groups is 1. The zero-order valence-electron chi connectivity index (χ0n) is 11.0. The molecule has 2 amide bonds. The molecule has 3 rings (SSSR count). The molecule has 1 aromatic rings. The Balaban J connectivity index is 1.87. The van der Waals surface area contributed by atoms with Gasteiger partial charge in [-0.05, 0) is 47.0 Å². The molecule has 2 saturated heterocycles. The van der Waals surface area contributed by atoms with Gasteiger partial charge in [0.25, 0.3) is 0 Å². The summed E-state index contributed by atoms with van der Waals surface area (Å²) in [5.41, 5.74) is 2.17. The first-order valence-electron chi connectivity index (χ1n) is 6.72. The quantitative estimate of drug-likeness (QED) is 0.861. The Morgan fingerprint density at radius 2 is 2.21 bits per heavy atom. The van der Waals surface area contributed by atoms with Gasteiger partial charge in [0.15, 0.2) is 0 Å². The van der Waals surface area contributed by atoms with Gasteiger partial charge in [-0.25, -0.2) is 4.79 Å². The van der Waals surface area contributed by atoms with Crippen molar-refractivity contribution in [3.05, 3.63) is 28.2 Å². The Morgan fingerprint density at radius 1 is 1.37 bits per heavy atom. The fourth-order valence-corrected chi connectivity index (χ4v) is 3.56. The molecular formula is C14H18BrN3O. The fraction of sp³-hybridized carbons (Fsp3) is 0.500. The number of benzene rings is 1. The van der Waals surface area contributed by atoms with Gasteiger partial charge in [-0.1, -0.05) is 6.07 Å². The van der Waals surface area contributed by atoms with Crippen molar-refractivity contribution in [1.29, 1.82) is 0 Å². The van der Waals surface area contributed by atoms with Crippen LogP contribution in [0.2, 0.25) is 0 Å². The topological polar surface area (TPSA) is 35.6 Å². The highest BCUT2D eigenvalue weighted by atomic mass is 79.9. The van der Waals surface area contributed by atoms with Crippen LogP contribution in [0.3, 0.4) is 0 Å². The van der Waals surface area contributed by atoms with Crippen LogP contribution in [0.15, 0.2) is 22.7 Å². The molecule has 19 heavy (non-hydrogen) atoms. The molecule has 0 bridgehead atoms. The van der Waals surface area contributed by atoms with Crippen molar-refractivity contribution in [3.8, 4) is 0 Å². The van der Waals surface area contributed by atoms with Gasteiger partial charge in [-0.2, -0.15) is 0 Å². The van der Waals surface area contributed by atoms with Crippen molar-refractivity contribution in [2.75, 3.05) is 31.1 Å². The third kappa shape index (κ3) is 2.37. The van der Waals surface area contributed by atoms with E-state index in [1.165, 1.54) is 5.56 Å². The Bertz CT molecular complexity index is 505. The summed E-state index contributed by atoms with van der Waals surface area (Å²) < 4.78 is 0.995. The Hall–Kier alpha value is -1.07. The molecule has 2 fully saturated rings. The lowest BCUT2D eigenvalue weighted by Gasteiger charge is -2.44. The second-order valence-electron chi connectivity index (χ2n) is 5.23. The average molecular weight is 324 g/mol. The highest BCUT2D eigenvalue weighted by Gasteiger charge is 2.35. The van der Waals surface area contributed by atoms with Gasteiger partial charge in [0.2, 0.25) is 0 Å². The van der Waals surface area contributed by atoms with Crippen molar-refractivity contribution in [2.24, 2.45) is 0 Å². The lowest BCUT2D eigenvalue weighted by atomic mass is 10.1. The lowest BCUT2D eigenvalue weighted by Crippen LogP contribution is -2.61. The van der Waals surface area contributed by atoms with Crippen LogP contribution in [0.25, 0.3) is 0 Å². The number of amides is 2. The third-order valence-electron chi connectivity index (χ3n) is 3.91. The molecule has 0 spiro atoms. The first-order chi connectivity index (χ1) is 9.16. The predicted molar refractivity (Wildman–Crippen MR) is 79.6 cm³/mol. The lowest BCUT2D eigenvalue weighted by molar-refractivity contribution is 0.147. The van der Waals surface area contributed by atoms with Crippen molar-refractivity contribution >= 4 is 27.6 Å². The van der Waals surface area contributed by atoms with Gasteiger partial charge in [-0.3, -0.25) is 4.90 Å². The summed E-state index contributed by atoms with van der Waals surface area (Å²) in [4.78, 5) is 16.5. The Labute approximate surface area is 121 Å². The Morgan fingerprint density at radius 3 is 3.00 bits per heavy atom. The minimum Gasteiger partial charge on any atom is -0.319 e.